The van der Waals surface area contributed by atoms with E-state index in [1.54, 1.807) is 16.4 Å². The van der Waals surface area contributed by atoms with Gasteiger partial charge in [0.15, 0.2) is 0 Å². The SMILES string of the molecule is CCn1nc(CCN2CCN(c3ccccc3OC)CC2)n(-c2ccccc2)c1=O. The van der Waals surface area contributed by atoms with Gasteiger partial charge in [-0.05, 0) is 31.2 Å². The van der Waals surface area contributed by atoms with Crippen LogP contribution in [-0.4, -0.2) is 59.1 Å². The molecule has 0 bridgehead atoms. The minimum atomic E-state index is -0.0697. The minimum absolute atomic E-state index is 0.0697. The van der Waals surface area contributed by atoms with E-state index >= 15 is 0 Å². The smallest absolute Gasteiger partial charge is 0.350 e. The molecular formula is C23H29N5O2. The third kappa shape index (κ3) is 4.11. The van der Waals surface area contributed by atoms with Crippen molar-refractivity contribution in [3.8, 4) is 11.4 Å². The van der Waals surface area contributed by atoms with E-state index in [4.69, 9.17) is 4.74 Å². The number of hydrogen-bond donors (Lipinski definition) is 0. The monoisotopic (exact) mass is 407 g/mol. The number of ether oxygens (including phenoxy) is 1. The molecule has 0 saturated carbocycles. The fraction of sp³-hybridized carbons (Fsp3) is 0.391. The van der Waals surface area contributed by atoms with Gasteiger partial charge in [-0.2, -0.15) is 5.10 Å². The molecule has 7 heteroatoms. The van der Waals surface area contributed by atoms with Crippen LogP contribution >= 0.6 is 0 Å². The van der Waals surface area contributed by atoms with Crippen molar-refractivity contribution in [3.05, 3.63) is 70.9 Å². The summed E-state index contributed by atoms with van der Waals surface area (Å²) in [5.41, 5.74) is 1.96. The molecular weight excluding hydrogens is 378 g/mol. The molecule has 1 aromatic heterocycles. The van der Waals surface area contributed by atoms with Crippen LogP contribution in [-0.2, 0) is 13.0 Å². The highest BCUT2D eigenvalue weighted by atomic mass is 16.5. The molecule has 2 heterocycles. The zero-order chi connectivity index (χ0) is 20.9. The summed E-state index contributed by atoms with van der Waals surface area (Å²) in [6.07, 6.45) is 0.742. The van der Waals surface area contributed by atoms with E-state index in [1.165, 1.54) is 0 Å². The van der Waals surface area contributed by atoms with Crippen molar-refractivity contribution in [1.82, 2.24) is 19.2 Å². The van der Waals surface area contributed by atoms with Gasteiger partial charge in [0.25, 0.3) is 0 Å². The van der Waals surface area contributed by atoms with Crippen molar-refractivity contribution in [2.45, 2.75) is 19.9 Å². The average molecular weight is 408 g/mol. The molecule has 4 rings (SSSR count). The van der Waals surface area contributed by atoms with Gasteiger partial charge in [-0.25, -0.2) is 14.0 Å². The third-order valence-corrected chi connectivity index (χ3v) is 5.67. The molecule has 1 aliphatic rings. The highest BCUT2D eigenvalue weighted by molar-refractivity contribution is 5.58. The van der Waals surface area contributed by atoms with Crippen LogP contribution in [0.4, 0.5) is 5.69 Å². The molecule has 0 radical (unpaired) electrons. The summed E-state index contributed by atoms with van der Waals surface area (Å²) >= 11 is 0. The zero-order valence-corrected chi connectivity index (χ0v) is 17.7. The number of piperazine rings is 1. The molecule has 0 N–H and O–H groups in total. The lowest BCUT2D eigenvalue weighted by Gasteiger charge is -2.36. The number of para-hydroxylation sites is 3. The Hall–Kier alpha value is -3.06. The Morgan fingerprint density at radius 3 is 2.37 bits per heavy atom. The second kappa shape index (κ2) is 9.17. The summed E-state index contributed by atoms with van der Waals surface area (Å²) in [6.45, 7) is 7.26. The van der Waals surface area contributed by atoms with E-state index in [-0.39, 0.29) is 5.69 Å². The Morgan fingerprint density at radius 1 is 0.967 bits per heavy atom. The number of aryl methyl sites for hydroxylation is 1. The molecule has 7 nitrogen and oxygen atoms in total. The van der Waals surface area contributed by atoms with Crippen LogP contribution in [0, 0.1) is 0 Å². The highest BCUT2D eigenvalue weighted by Crippen LogP contribution is 2.28. The number of hydrogen-bond acceptors (Lipinski definition) is 5. The van der Waals surface area contributed by atoms with Crippen molar-refractivity contribution in [1.29, 1.82) is 0 Å². The van der Waals surface area contributed by atoms with E-state index in [1.807, 2.05) is 49.4 Å². The Morgan fingerprint density at radius 2 is 1.67 bits per heavy atom. The van der Waals surface area contributed by atoms with Gasteiger partial charge >= 0.3 is 5.69 Å². The first-order valence-electron chi connectivity index (χ1n) is 10.6. The molecule has 1 aliphatic heterocycles. The molecule has 0 atom stereocenters. The van der Waals surface area contributed by atoms with Crippen LogP contribution in [0.3, 0.4) is 0 Å². The van der Waals surface area contributed by atoms with E-state index in [2.05, 4.69) is 27.0 Å². The van der Waals surface area contributed by atoms with Crippen molar-refractivity contribution < 1.29 is 4.74 Å². The first-order chi connectivity index (χ1) is 14.7. The highest BCUT2D eigenvalue weighted by Gasteiger charge is 2.21. The second-order valence-electron chi connectivity index (χ2n) is 7.44. The molecule has 0 amide bonds. The zero-order valence-electron chi connectivity index (χ0n) is 17.7. The summed E-state index contributed by atoms with van der Waals surface area (Å²) in [5, 5.41) is 4.59. The second-order valence-corrected chi connectivity index (χ2v) is 7.44. The average Bonchev–Trinajstić information content (AvgIpc) is 3.13. The topological polar surface area (TPSA) is 55.5 Å². The van der Waals surface area contributed by atoms with Crippen molar-refractivity contribution in [2.24, 2.45) is 0 Å². The van der Waals surface area contributed by atoms with Gasteiger partial charge in [0, 0.05) is 45.7 Å². The number of methoxy groups -OCH3 is 1. The summed E-state index contributed by atoms with van der Waals surface area (Å²) in [7, 11) is 1.72. The van der Waals surface area contributed by atoms with Crippen molar-refractivity contribution in [2.75, 3.05) is 44.7 Å². The molecule has 0 unspecified atom stereocenters. The van der Waals surface area contributed by atoms with E-state index in [0.29, 0.717) is 6.54 Å². The molecule has 3 aromatic rings. The normalized spacial score (nSPS) is 14.8. The first-order valence-corrected chi connectivity index (χ1v) is 10.6. The van der Waals surface area contributed by atoms with Gasteiger partial charge in [-0.15, -0.1) is 0 Å². The van der Waals surface area contributed by atoms with Crippen LogP contribution in [0.2, 0.25) is 0 Å². The van der Waals surface area contributed by atoms with Gasteiger partial charge in [-0.3, -0.25) is 4.90 Å². The number of anilines is 1. The van der Waals surface area contributed by atoms with Gasteiger partial charge in [0.1, 0.15) is 11.6 Å². The number of nitrogens with zero attached hydrogens (tertiary/aromatic N) is 5. The van der Waals surface area contributed by atoms with Gasteiger partial charge in [-0.1, -0.05) is 30.3 Å². The summed E-state index contributed by atoms with van der Waals surface area (Å²) < 4.78 is 8.80. The van der Waals surface area contributed by atoms with E-state index in [9.17, 15) is 4.79 Å². The predicted molar refractivity (Wildman–Crippen MR) is 119 cm³/mol. The molecule has 0 aliphatic carbocycles. The minimum Gasteiger partial charge on any atom is -0.495 e. The summed E-state index contributed by atoms with van der Waals surface area (Å²) in [6, 6.07) is 17.9. The van der Waals surface area contributed by atoms with Crippen molar-refractivity contribution >= 4 is 5.69 Å². The van der Waals surface area contributed by atoms with Crippen molar-refractivity contribution in [3.63, 3.8) is 0 Å². The quantitative estimate of drug-likeness (QED) is 0.602. The van der Waals surface area contributed by atoms with E-state index < -0.39 is 0 Å². The maximum Gasteiger partial charge on any atom is 0.350 e. The van der Waals surface area contributed by atoms with Crippen LogP contribution in [0.5, 0.6) is 5.75 Å². The van der Waals surface area contributed by atoms with Crippen LogP contribution in [0.25, 0.3) is 5.69 Å². The first kappa shape index (κ1) is 20.2. The number of rotatable bonds is 7. The fourth-order valence-electron chi connectivity index (χ4n) is 4.02. The molecule has 2 aromatic carbocycles. The number of benzene rings is 2. The van der Waals surface area contributed by atoms with Crippen LogP contribution in [0.15, 0.2) is 59.4 Å². The fourth-order valence-corrected chi connectivity index (χ4v) is 4.02. The predicted octanol–water partition coefficient (Wildman–Crippen LogP) is 2.43. The Labute approximate surface area is 177 Å². The summed E-state index contributed by atoms with van der Waals surface area (Å²) in [4.78, 5) is 17.6. The number of aromatic nitrogens is 3. The maximum atomic E-state index is 12.8. The lowest BCUT2D eigenvalue weighted by Crippen LogP contribution is -2.47. The molecule has 158 valence electrons. The van der Waals surface area contributed by atoms with Crippen LogP contribution < -0.4 is 15.3 Å². The lowest BCUT2D eigenvalue weighted by molar-refractivity contribution is 0.258. The van der Waals surface area contributed by atoms with Crippen LogP contribution in [0.1, 0.15) is 12.7 Å². The maximum absolute atomic E-state index is 12.8. The Kier molecular flexibility index (Phi) is 6.18. The van der Waals surface area contributed by atoms with Gasteiger partial charge in [0.05, 0.1) is 18.5 Å². The molecule has 30 heavy (non-hydrogen) atoms. The molecule has 0 spiro atoms. The summed E-state index contributed by atoms with van der Waals surface area (Å²) in [5.74, 6) is 1.74. The third-order valence-electron chi connectivity index (χ3n) is 5.67. The lowest BCUT2D eigenvalue weighted by atomic mass is 10.2. The molecule has 1 saturated heterocycles. The van der Waals surface area contributed by atoms with Gasteiger partial charge < -0.3 is 9.64 Å². The molecule has 1 fully saturated rings. The largest absolute Gasteiger partial charge is 0.495 e. The Bertz CT molecular complexity index is 1020. The van der Waals surface area contributed by atoms with Gasteiger partial charge in [0.2, 0.25) is 0 Å². The van der Waals surface area contributed by atoms with E-state index in [0.717, 1.165) is 62.1 Å². The Balaban J connectivity index is 1.42. The standard InChI is InChI=1S/C23H29N5O2/c1-3-27-23(29)28(19-9-5-4-6-10-19)22(24-27)13-14-25-15-17-26(18-16-25)20-11-7-8-12-21(20)30-2/h4-12H,3,13-18H2,1-2H3.